The summed E-state index contributed by atoms with van der Waals surface area (Å²) in [6.45, 7) is 2.78. The highest BCUT2D eigenvalue weighted by Crippen LogP contribution is 2.22. The molecule has 1 fully saturated rings. The summed E-state index contributed by atoms with van der Waals surface area (Å²) in [7, 11) is 1.36. The molecule has 6 heteroatoms. The maximum absolute atomic E-state index is 12.1. The SMILES string of the molecule is COC(=O)C1CCN(C(=O)COc2ccc(Cl)cc2C)C1. The molecule has 5 nitrogen and oxygen atoms in total. The first-order valence-electron chi connectivity index (χ1n) is 6.76. The number of nitrogens with zero attached hydrogens (tertiary/aromatic N) is 1. The second-order valence-corrected chi connectivity index (χ2v) is 5.48. The summed E-state index contributed by atoms with van der Waals surface area (Å²) in [5, 5.41) is 0.631. The molecule has 2 rings (SSSR count). The zero-order valence-electron chi connectivity index (χ0n) is 12.1. The van der Waals surface area contributed by atoms with E-state index in [1.54, 1.807) is 23.1 Å². The summed E-state index contributed by atoms with van der Waals surface area (Å²) >= 11 is 5.87. The Hall–Kier alpha value is -1.75. The lowest BCUT2D eigenvalue weighted by Gasteiger charge is -2.17. The first-order valence-corrected chi connectivity index (χ1v) is 7.13. The zero-order chi connectivity index (χ0) is 15.4. The molecule has 1 saturated heterocycles. The van der Waals surface area contributed by atoms with Crippen molar-refractivity contribution in [1.29, 1.82) is 0 Å². The topological polar surface area (TPSA) is 55.8 Å². The molecule has 0 bridgehead atoms. The predicted octanol–water partition coefficient (Wildman–Crippen LogP) is 2.05. The lowest BCUT2D eigenvalue weighted by molar-refractivity contribution is -0.145. The number of carbonyl (C=O) groups is 2. The van der Waals surface area contributed by atoms with E-state index in [0.29, 0.717) is 30.3 Å². The minimum atomic E-state index is -0.264. The molecule has 1 amide bonds. The third-order valence-corrected chi connectivity index (χ3v) is 3.80. The molecule has 1 aliphatic rings. The Labute approximate surface area is 128 Å². The van der Waals surface area contributed by atoms with Crippen molar-refractivity contribution < 1.29 is 19.1 Å². The van der Waals surface area contributed by atoms with E-state index in [-0.39, 0.29) is 24.4 Å². The van der Waals surface area contributed by atoms with E-state index in [1.807, 2.05) is 6.92 Å². The van der Waals surface area contributed by atoms with Gasteiger partial charge >= 0.3 is 5.97 Å². The Morgan fingerprint density at radius 2 is 2.19 bits per heavy atom. The fourth-order valence-corrected chi connectivity index (χ4v) is 2.58. The molecule has 0 spiro atoms. The molecule has 0 N–H and O–H groups in total. The average Bonchev–Trinajstić information content (AvgIpc) is 2.95. The van der Waals surface area contributed by atoms with Crippen molar-refractivity contribution in [2.24, 2.45) is 5.92 Å². The van der Waals surface area contributed by atoms with Crippen LogP contribution in [0, 0.1) is 12.8 Å². The summed E-state index contributed by atoms with van der Waals surface area (Å²) in [6.07, 6.45) is 0.637. The predicted molar refractivity (Wildman–Crippen MR) is 78.4 cm³/mol. The fourth-order valence-electron chi connectivity index (χ4n) is 2.35. The number of hydrogen-bond acceptors (Lipinski definition) is 4. The normalized spacial score (nSPS) is 17.7. The van der Waals surface area contributed by atoms with Crippen LogP contribution < -0.4 is 4.74 Å². The van der Waals surface area contributed by atoms with Gasteiger partial charge in [-0.15, -0.1) is 0 Å². The fraction of sp³-hybridized carbons (Fsp3) is 0.467. The number of benzene rings is 1. The lowest BCUT2D eigenvalue weighted by Crippen LogP contribution is -2.34. The molecule has 0 radical (unpaired) electrons. The van der Waals surface area contributed by atoms with Crippen molar-refractivity contribution in [3.63, 3.8) is 0 Å². The molecular formula is C15H18ClNO4. The molecule has 0 aliphatic carbocycles. The van der Waals surface area contributed by atoms with Gasteiger partial charge in [0.15, 0.2) is 6.61 Å². The molecule has 0 aromatic heterocycles. The van der Waals surface area contributed by atoms with E-state index in [2.05, 4.69) is 0 Å². The molecule has 1 aromatic carbocycles. The Bertz CT molecular complexity index is 546. The number of amides is 1. The van der Waals surface area contributed by atoms with Crippen LogP contribution in [0.5, 0.6) is 5.75 Å². The van der Waals surface area contributed by atoms with E-state index in [0.717, 1.165) is 5.56 Å². The second kappa shape index (κ2) is 6.80. The summed E-state index contributed by atoms with van der Waals surface area (Å²) in [5.41, 5.74) is 0.879. The Balaban J connectivity index is 1.87. The van der Waals surface area contributed by atoms with Crippen molar-refractivity contribution in [1.82, 2.24) is 4.90 Å². The van der Waals surface area contributed by atoms with Gasteiger partial charge in [-0.25, -0.2) is 0 Å². The Kier molecular flexibility index (Phi) is 5.07. The molecule has 1 aliphatic heterocycles. The van der Waals surface area contributed by atoms with Gasteiger partial charge < -0.3 is 14.4 Å². The first-order chi connectivity index (χ1) is 10.0. The molecule has 1 unspecified atom stereocenters. The van der Waals surface area contributed by atoms with Gasteiger partial charge in [-0.3, -0.25) is 9.59 Å². The third-order valence-electron chi connectivity index (χ3n) is 3.56. The van der Waals surface area contributed by atoms with E-state index < -0.39 is 0 Å². The highest BCUT2D eigenvalue weighted by molar-refractivity contribution is 6.30. The molecule has 1 heterocycles. The van der Waals surface area contributed by atoms with Crippen LogP contribution in [0.2, 0.25) is 5.02 Å². The number of carbonyl (C=O) groups excluding carboxylic acids is 2. The van der Waals surface area contributed by atoms with Crippen LogP contribution in [0.4, 0.5) is 0 Å². The third kappa shape index (κ3) is 3.88. The molecule has 1 aromatic rings. The van der Waals surface area contributed by atoms with Crippen molar-refractivity contribution in [2.45, 2.75) is 13.3 Å². The van der Waals surface area contributed by atoms with Crippen LogP contribution in [-0.4, -0.2) is 43.6 Å². The van der Waals surface area contributed by atoms with E-state index in [9.17, 15) is 9.59 Å². The number of halogens is 1. The maximum atomic E-state index is 12.1. The molecular weight excluding hydrogens is 294 g/mol. The first kappa shape index (κ1) is 15.6. The van der Waals surface area contributed by atoms with E-state index >= 15 is 0 Å². The zero-order valence-corrected chi connectivity index (χ0v) is 12.9. The smallest absolute Gasteiger partial charge is 0.310 e. The van der Waals surface area contributed by atoms with Gasteiger partial charge in [0.05, 0.1) is 13.0 Å². The van der Waals surface area contributed by atoms with Gasteiger partial charge in [-0.1, -0.05) is 11.6 Å². The Morgan fingerprint density at radius 3 is 2.86 bits per heavy atom. The highest BCUT2D eigenvalue weighted by atomic mass is 35.5. The van der Waals surface area contributed by atoms with E-state index in [4.69, 9.17) is 21.1 Å². The van der Waals surface area contributed by atoms with Crippen LogP contribution >= 0.6 is 11.6 Å². The van der Waals surface area contributed by atoms with Crippen LogP contribution in [-0.2, 0) is 14.3 Å². The van der Waals surface area contributed by atoms with Crippen molar-refractivity contribution in [3.05, 3.63) is 28.8 Å². The van der Waals surface area contributed by atoms with Gasteiger partial charge in [0, 0.05) is 18.1 Å². The summed E-state index contributed by atoms with van der Waals surface area (Å²) in [6, 6.07) is 5.24. The summed E-state index contributed by atoms with van der Waals surface area (Å²) < 4.78 is 10.2. The number of methoxy groups -OCH3 is 1. The van der Waals surface area contributed by atoms with Crippen molar-refractivity contribution in [2.75, 3.05) is 26.8 Å². The van der Waals surface area contributed by atoms with Gasteiger partial charge in [0.1, 0.15) is 5.75 Å². The van der Waals surface area contributed by atoms with Crippen LogP contribution in [0.1, 0.15) is 12.0 Å². The monoisotopic (exact) mass is 311 g/mol. The summed E-state index contributed by atoms with van der Waals surface area (Å²) in [5.74, 6) is 0.0169. The summed E-state index contributed by atoms with van der Waals surface area (Å²) in [4.78, 5) is 25.1. The average molecular weight is 312 g/mol. The second-order valence-electron chi connectivity index (χ2n) is 5.05. The van der Waals surface area contributed by atoms with Crippen LogP contribution in [0.3, 0.4) is 0 Å². The quantitative estimate of drug-likeness (QED) is 0.799. The van der Waals surface area contributed by atoms with Gasteiger partial charge in [0.25, 0.3) is 5.91 Å². The van der Waals surface area contributed by atoms with Gasteiger partial charge in [-0.2, -0.15) is 0 Å². The molecule has 21 heavy (non-hydrogen) atoms. The largest absolute Gasteiger partial charge is 0.483 e. The standard InChI is InChI=1S/C15H18ClNO4/c1-10-7-12(16)3-4-13(10)21-9-14(18)17-6-5-11(8-17)15(19)20-2/h3-4,7,11H,5-6,8-9H2,1-2H3. The van der Waals surface area contributed by atoms with Crippen molar-refractivity contribution >= 4 is 23.5 Å². The number of esters is 1. The Morgan fingerprint density at radius 1 is 1.43 bits per heavy atom. The maximum Gasteiger partial charge on any atom is 0.310 e. The number of aryl methyl sites for hydroxylation is 1. The highest BCUT2D eigenvalue weighted by Gasteiger charge is 2.31. The molecule has 1 atom stereocenters. The lowest BCUT2D eigenvalue weighted by atomic mass is 10.1. The minimum Gasteiger partial charge on any atom is -0.483 e. The number of likely N-dealkylation sites (tertiary alicyclic amines) is 1. The van der Waals surface area contributed by atoms with Crippen LogP contribution in [0.15, 0.2) is 18.2 Å². The van der Waals surface area contributed by atoms with Crippen molar-refractivity contribution in [3.8, 4) is 5.75 Å². The number of ether oxygens (including phenoxy) is 2. The van der Waals surface area contributed by atoms with E-state index in [1.165, 1.54) is 7.11 Å². The molecule has 114 valence electrons. The minimum absolute atomic E-state index is 0.0453. The molecule has 0 saturated carbocycles. The van der Waals surface area contributed by atoms with Gasteiger partial charge in [0.2, 0.25) is 0 Å². The van der Waals surface area contributed by atoms with Gasteiger partial charge in [-0.05, 0) is 37.1 Å². The van der Waals surface area contributed by atoms with Crippen LogP contribution in [0.25, 0.3) is 0 Å². The number of hydrogen-bond donors (Lipinski definition) is 0. The number of rotatable bonds is 4.